The number of benzene rings is 1. The highest BCUT2D eigenvalue weighted by molar-refractivity contribution is 5.98. The first-order valence-electron chi connectivity index (χ1n) is 6.82. The largest absolute Gasteiger partial charge is 0.392 e. The van der Waals surface area contributed by atoms with E-state index in [1.807, 2.05) is 38.1 Å². The van der Waals surface area contributed by atoms with E-state index in [0.29, 0.717) is 12.0 Å². The van der Waals surface area contributed by atoms with E-state index >= 15 is 0 Å². The molecule has 0 bridgehead atoms. The Bertz CT molecular complexity index is 666. The molecule has 1 saturated carbocycles. The average Bonchev–Trinajstić information content (AvgIpc) is 2.46. The van der Waals surface area contributed by atoms with Gasteiger partial charge in [-0.2, -0.15) is 0 Å². The predicted octanol–water partition coefficient (Wildman–Crippen LogP) is 2.12. The summed E-state index contributed by atoms with van der Waals surface area (Å²) in [6.45, 7) is 3.94. The van der Waals surface area contributed by atoms with Crippen LogP contribution in [0.25, 0.3) is 10.9 Å². The molecule has 1 aromatic carbocycles. The number of hydrogen-bond acceptors (Lipinski definition) is 3. The number of aliphatic hydroxyl groups excluding tert-OH is 1. The highest BCUT2D eigenvalue weighted by Gasteiger charge is 2.47. The van der Waals surface area contributed by atoms with Crippen molar-refractivity contribution in [2.45, 2.75) is 32.4 Å². The molecule has 1 heterocycles. The van der Waals surface area contributed by atoms with Gasteiger partial charge in [0.15, 0.2) is 0 Å². The lowest BCUT2D eigenvalue weighted by atomic mass is 9.64. The Balaban J connectivity index is 1.79. The van der Waals surface area contributed by atoms with Gasteiger partial charge in [-0.15, -0.1) is 0 Å². The van der Waals surface area contributed by atoms with Crippen LogP contribution >= 0.6 is 0 Å². The van der Waals surface area contributed by atoms with E-state index in [9.17, 15) is 9.90 Å². The standard InChI is InChI=1S/C16H18N2O2/c1-16(2)13(9-14(16)19)18-15(20)11-5-6-12-10(8-11)4-3-7-17-12/h3-8,13-14,19H,9H2,1-2H3,(H,18,20). The molecule has 0 spiro atoms. The molecule has 0 radical (unpaired) electrons. The molecule has 1 aliphatic carbocycles. The van der Waals surface area contributed by atoms with Gasteiger partial charge in [-0.05, 0) is 30.7 Å². The van der Waals surface area contributed by atoms with Crippen LogP contribution in [-0.2, 0) is 0 Å². The minimum Gasteiger partial charge on any atom is -0.392 e. The second-order valence-corrected chi connectivity index (χ2v) is 6.01. The van der Waals surface area contributed by atoms with Crippen LogP contribution in [0.15, 0.2) is 36.5 Å². The molecule has 2 atom stereocenters. The van der Waals surface area contributed by atoms with Gasteiger partial charge in [-0.25, -0.2) is 0 Å². The first-order chi connectivity index (χ1) is 9.48. The summed E-state index contributed by atoms with van der Waals surface area (Å²) >= 11 is 0. The number of aromatic nitrogens is 1. The van der Waals surface area contributed by atoms with E-state index in [4.69, 9.17) is 0 Å². The smallest absolute Gasteiger partial charge is 0.251 e. The van der Waals surface area contributed by atoms with Crippen LogP contribution in [0.3, 0.4) is 0 Å². The Kier molecular flexibility index (Phi) is 2.98. The van der Waals surface area contributed by atoms with Crippen molar-refractivity contribution < 1.29 is 9.90 Å². The van der Waals surface area contributed by atoms with Crippen LogP contribution in [0.5, 0.6) is 0 Å². The van der Waals surface area contributed by atoms with Crippen LogP contribution in [-0.4, -0.2) is 28.1 Å². The number of amides is 1. The summed E-state index contributed by atoms with van der Waals surface area (Å²) in [6.07, 6.45) is 2.02. The van der Waals surface area contributed by atoms with E-state index in [1.54, 1.807) is 12.3 Å². The number of carbonyl (C=O) groups is 1. The molecule has 2 N–H and O–H groups in total. The minimum atomic E-state index is -0.339. The molecule has 2 aromatic rings. The van der Waals surface area contributed by atoms with Gasteiger partial charge >= 0.3 is 0 Å². The highest BCUT2D eigenvalue weighted by atomic mass is 16.3. The highest BCUT2D eigenvalue weighted by Crippen LogP contribution is 2.40. The Hall–Kier alpha value is -1.94. The van der Waals surface area contributed by atoms with E-state index in [1.165, 1.54) is 0 Å². The number of rotatable bonds is 2. The van der Waals surface area contributed by atoms with Gasteiger partial charge in [-0.3, -0.25) is 9.78 Å². The first-order valence-corrected chi connectivity index (χ1v) is 6.82. The fraction of sp³-hybridized carbons (Fsp3) is 0.375. The summed E-state index contributed by atoms with van der Waals surface area (Å²) in [7, 11) is 0. The third-order valence-electron chi connectivity index (χ3n) is 4.39. The molecular formula is C16H18N2O2. The lowest BCUT2D eigenvalue weighted by molar-refractivity contribution is -0.0689. The second-order valence-electron chi connectivity index (χ2n) is 6.01. The van der Waals surface area contributed by atoms with Crippen molar-refractivity contribution in [3.8, 4) is 0 Å². The zero-order chi connectivity index (χ0) is 14.3. The van der Waals surface area contributed by atoms with Crippen LogP contribution in [0.4, 0.5) is 0 Å². The molecular weight excluding hydrogens is 252 g/mol. The van der Waals surface area contributed by atoms with E-state index < -0.39 is 0 Å². The van der Waals surface area contributed by atoms with Crippen molar-refractivity contribution in [1.29, 1.82) is 0 Å². The van der Waals surface area contributed by atoms with Gasteiger partial charge < -0.3 is 10.4 Å². The Morgan fingerprint density at radius 3 is 2.90 bits per heavy atom. The third-order valence-corrected chi connectivity index (χ3v) is 4.39. The maximum absolute atomic E-state index is 12.3. The number of nitrogens with zero attached hydrogens (tertiary/aromatic N) is 1. The SMILES string of the molecule is CC1(C)C(O)CC1NC(=O)c1ccc2ncccc2c1. The van der Waals surface area contributed by atoms with Crippen LogP contribution < -0.4 is 5.32 Å². The first kappa shape index (κ1) is 13.1. The quantitative estimate of drug-likeness (QED) is 0.878. The van der Waals surface area contributed by atoms with Crippen LogP contribution in [0.2, 0.25) is 0 Å². The van der Waals surface area contributed by atoms with Gasteiger partial charge in [-0.1, -0.05) is 19.9 Å². The molecule has 1 aromatic heterocycles. The second kappa shape index (κ2) is 4.56. The molecule has 4 nitrogen and oxygen atoms in total. The van der Waals surface area contributed by atoms with Gasteiger partial charge in [0.1, 0.15) is 0 Å². The van der Waals surface area contributed by atoms with Crippen molar-refractivity contribution in [3.63, 3.8) is 0 Å². The molecule has 0 saturated heterocycles. The zero-order valence-electron chi connectivity index (χ0n) is 11.6. The van der Waals surface area contributed by atoms with Gasteiger partial charge in [0, 0.05) is 28.6 Å². The molecule has 20 heavy (non-hydrogen) atoms. The number of nitrogens with one attached hydrogen (secondary N) is 1. The van der Waals surface area contributed by atoms with Gasteiger partial charge in [0.25, 0.3) is 5.91 Å². The fourth-order valence-corrected chi connectivity index (χ4v) is 2.61. The zero-order valence-corrected chi connectivity index (χ0v) is 11.6. The molecule has 4 heteroatoms. The molecule has 1 aliphatic rings. The van der Waals surface area contributed by atoms with Crippen molar-refractivity contribution in [3.05, 3.63) is 42.1 Å². The number of carbonyl (C=O) groups excluding carboxylic acids is 1. The van der Waals surface area contributed by atoms with E-state index in [2.05, 4.69) is 10.3 Å². The minimum absolute atomic E-state index is 0.0228. The Morgan fingerprint density at radius 2 is 2.20 bits per heavy atom. The number of hydrogen-bond donors (Lipinski definition) is 2. The summed E-state index contributed by atoms with van der Waals surface area (Å²) in [5, 5.41) is 13.7. The van der Waals surface area contributed by atoms with Crippen molar-refractivity contribution in [1.82, 2.24) is 10.3 Å². The fourth-order valence-electron chi connectivity index (χ4n) is 2.61. The molecule has 0 aliphatic heterocycles. The summed E-state index contributed by atoms with van der Waals surface area (Å²) < 4.78 is 0. The van der Waals surface area contributed by atoms with Gasteiger partial charge in [0.05, 0.1) is 11.6 Å². The summed E-state index contributed by atoms with van der Waals surface area (Å²) in [4.78, 5) is 16.5. The van der Waals surface area contributed by atoms with Crippen molar-refractivity contribution in [2.75, 3.05) is 0 Å². The molecule has 2 unspecified atom stereocenters. The van der Waals surface area contributed by atoms with Crippen molar-refractivity contribution >= 4 is 16.8 Å². The predicted molar refractivity (Wildman–Crippen MR) is 77.4 cm³/mol. The maximum Gasteiger partial charge on any atom is 0.251 e. The maximum atomic E-state index is 12.3. The van der Waals surface area contributed by atoms with E-state index in [-0.39, 0.29) is 23.5 Å². The van der Waals surface area contributed by atoms with Crippen LogP contribution in [0, 0.1) is 5.41 Å². The lowest BCUT2D eigenvalue weighted by Crippen LogP contribution is -2.61. The lowest BCUT2D eigenvalue weighted by Gasteiger charge is -2.49. The average molecular weight is 270 g/mol. The normalized spacial score (nSPS) is 24.1. The van der Waals surface area contributed by atoms with Crippen molar-refractivity contribution in [2.24, 2.45) is 5.41 Å². The molecule has 3 rings (SSSR count). The van der Waals surface area contributed by atoms with Crippen LogP contribution in [0.1, 0.15) is 30.6 Å². The number of aliphatic hydroxyl groups is 1. The topological polar surface area (TPSA) is 62.2 Å². The Labute approximate surface area is 117 Å². The summed E-state index contributed by atoms with van der Waals surface area (Å²) in [6, 6.07) is 9.30. The number of fused-ring (bicyclic) bond motifs is 1. The van der Waals surface area contributed by atoms with Gasteiger partial charge in [0.2, 0.25) is 0 Å². The molecule has 1 fully saturated rings. The van der Waals surface area contributed by atoms with E-state index in [0.717, 1.165) is 10.9 Å². The monoisotopic (exact) mass is 270 g/mol. The summed E-state index contributed by atoms with van der Waals surface area (Å²) in [5.41, 5.74) is 1.25. The summed E-state index contributed by atoms with van der Waals surface area (Å²) in [5.74, 6) is -0.0965. The third kappa shape index (κ3) is 2.06. The molecule has 1 amide bonds. The molecule has 104 valence electrons. The Morgan fingerprint density at radius 1 is 1.40 bits per heavy atom. The number of pyridine rings is 1.